The molecule has 0 aliphatic carbocycles. The maximum atomic E-state index is 13.0. The van der Waals surface area contributed by atoms with E-state index < -0.39 is 23.6 Å². The van der Waals surface area contributed by atoms with Gasteiger partial charge in [0, 0.05) is 5.56 Å². The smallest absolute Gasteiger partial charge is 0.326 e. The fourth-order valence-electron chi connectivity index (χ4n) is 4.12. The third-order valence-electron chi connectivity index (χ3n) is 5.30. The van der Waals surface area contributed by atoms with Crippen molar-refractivity contribution in [2.75, 3.05) is 18.1 Å². The predicted octanol–water partition coefficient (Wildman–Crippen LogP) is 1.39. The van der Waals surface area contributed by atoms with E-state index >= 15 is 0 Å². The Morgan fingerprint density at radius 2 is 1.82 bits per heavy atom. The van der Waals surface area contributed by atoms with Crippen LogP contribution in [0.2, 0.25) is 0 Å². The molecule has 1 fully saturated rings. The molecule has 0 bridgehead atoms. The fraction of sp³-hybridized carbons (Fsp3) is 0.286. The molecule has 1 N–H and O–H groups in total. The summed E-state index contributed by atoms with van der Waals surface area (Å²) in [5, 5.41) is 10.8. The first-order valence-electron chi connectivity index (χ1n) is 9.13. The summed E-state index contributed by atoms with van der Waals surface area (Å²) >= 11 is 0. The van der Waals surface area contributed by atoms with E-state index in [4.69, 9.17) is 4.74 Å². The minimum absolute atomic E-state index is 0.131. The number of nitrogens with zero attached hydrogens (tertiary/aromatic N) is 2. The standard InChI is InChI=1S/C21H20N2O5/c1-2-28-18(25)13-22-16-11-7-6-10-15(16)21(14-8-4-3-5-9-14)12-17(24)23(21)20(27)19(22)26/h3-11,20,27H,2,12-13H2,1H3/t20?,21-/m0/s1. The summed E-state index contributed by atoms with van der Waals surface area (Å²) in [5.74, 6) is -1.63. The number of carbonyl (C=O) groups excluding carboxylic acids is 3. The molecule has 0 saturated carbocycles. The van der Waals surface area contributed by atoms with E-state index in [9.17, 15) is 19.5 Å². The zero-order valence-electron chi connectivity index (χ0n) is 15.4. The van der Waals surface area contributed by atoms with Crippen molar-refractivity contribution in [2.24, 2.45) is 0 Å². The van der Waals surface area contributed by atoms with Crippen molar-refractivity contribution in [1.82, 2.24) is 4.90 Å². The van der Waals surface area contributed by atoms with E-state index in [1.165, 1.54) is 9.80 Å². The number of amides is 2. The molecule has 2 amide bonds. The number of para-hydroxylation sites is 1. The number of benzene rings is 2. The minimum Gasteiger partial charge on any atom is -0.465 e. The quantitative estimate of drug-likeness (QED) is 0.640. The third-order valence-corrected chi connectivity index (χ3v) is 5.30. The lowest BCUT2D eigenvalue weighted by molar-refractivity contribution is -0.179. The van der Waals surface area contributed by atoms with Gasteiger partial charge in [-0.05, 0) is 18.6 Å². The maximum Gasteiger partial charge on any atom is 0.326 e. The Labute approximate surface area is 162 Å². The molecule has 1 saturated heterocycles. The molecule has 144 valence electrons. The van der Waals surface area contributed by atoms with Gasteiger partial charge in [-0.25, -0.2) is 0 Å². The number of aliphatic hydroxyl groups is 1. The molecule has 1 unspecified atom stereocenters. The summed E-state index contributed by atoms with van der Waals surface area (Å²) in [6.45, 7) is 1.53. The molecular formula is C21H20N2O5. The number of hydrogen-bond acceptors (Lipinski definition) is 5. The first-order chi connectivity index (χ1) is 13.5. The van der Waals surface area contributed by atoms with E-state index in [-0.39, 0.29) is 25.5 Å². The highest BCUT2D eigenvalue weighted by atomic mass is 16.5. The number of fused-ring (bicyclic) bond motifs is 3. The highest BCUT2D eigenvalue weighted by Gasteiger charge is 2.60. The van der Waals surface area contributed by atoms with Gasteiger partial charge in [0.2, 0.25) is 12.1 Å². The highest BCUT2D eigenvalue weighted by Crippen LogP contribution is 2.52. The zero-order valence-corrected chi connectivity index (χ0v) is 15.4. The Bertz CT molecular complexity index is 945. The van der Waals surface area contributed by atoms with Crippen molar-refractivity contribution in [1.29, 1.82) is 0 Å². The Morgan fingerprint density at radius 3 is 2.50 bits per heavy atom. The first kappa shape index (κ1) is 18.2. The second-order valence-electron chi connectivity index (χ2n) is 6.79. The Morgan fingerprint density at radius 1 is 1.14 bits per heavy atom. The van der Waals surface area contributed by atoms with Crippen molar-refractivity contribution < 1.29 is 24.2 Å². The van der Waals surface area contributed by atoms with Crippen molar-refractivity contribution in [3.05, 3.63) is 65.7 Å². The number of ether oxygens (including phenoxy) is 1. The molecule has 7 nitrogen and oxygen atoms in total. The number of anilines is 1. The molecule has 7 heteroatoms. The van der Waals surface area contributed by atoms with Crippen LogP contribution >= 0.6 is 0 Å². The predicted molar refractivity (Wildman–Crippen MR) is 100 cm³/mol. The van der Waals surface area contributed by atoms with Crippen LogP contribution in [0, 0.1) is 0 Å². The number of aliphatic hydroxyl groups excluding tert-OH is 1. The van der Waals surface area contributed by atoms with Gasteiger partial charge < -0.3 is 9.84 Å². The van der Waals surface area contributed by atoms with Crippen LogP contribution in [-0.2, 0) is 24.7 Å². The number of β-lactam (4-membered cyclic amide) rings is 1. The van der Waals surface area contributed by atoms with E-state index in [1.54, 1.807) is 19.1 Å². The van der Waals surface area contributed by atoms with Crippen LogP contribution in [-0.4, -0.2) is 47.2 Å². The Hall–Kier alpha value is -3.19. The molecule has 0 radical (unpaired) electrons. The van der Waals surface area contributed by atoms with Crippen LogP contribution in [0.1, 0.15) is 24.5 Å². The second-order valence-corrected chi connectivity index (χ2v) is 6.79. The van der Waals surface area contributed by atoms with E-state index in [0.29, 0.717) is 11.3 Å². The number of carbonyl (C=O) groups is 3. The van der Waals surface area contributed by atoms with Crippen LogP contribution in [0.25, 0.3) is 0 Å². The van der Waals surface area contributed by atoms with Gasteiger partial charge in [-0.2, -0.15) is 0 Å². The topological polar surface area (TPSA) is 87.2 Å². The average molecular weight is 380 g/mol. The van der Waals surface area contributed by atoms with Gasteiger partial charge in [-0.3, -0.25) is 24.2 Å². The van der Waals surface area contributed by atoms with Crippen LogP contribution in [0.15, 0.2) is 54.6 Å². The summed E-state index contributed by atoms with van der Waals surface area (Å²) < 4.78 is 4.99. The Balaban J connectivity index is 1.91. The zero-order chi connectivity index (χ0) is 19.9. The second kappa shape index (κ2) is 6.76. The molecule has 2 aliphatic rings. The molecule has 2 aromatic carbocycles. The summed E-state index contributed by atoms with van der Waals surface area (Å²) in [6, 6.07) is 16.4. The van der Waals surface area contributed by atoms with E-state index in [1.807, 2.05) is 42.5 Å². The van der Waals surface area contributed by atoms with Crippen molar-refractivity contribution in [2.45, 2.75) is 25.1 Å². The summed E-state index contributed by atoms with van der Waals surface area (Å²) in [4.78, 5) is 40.0. The lowest BCUT2D eigenvalue weighted by atomic mass is 9.72. The summed E-state index contributed by atoms with van der Waals surface area (Å²) in [5.41, 5.74) is 1.01. The van der Waals surface area contributed by atoms with Gasteiger partial charge in [0.05, 0.1) is 18.7 Å². The molecular weight excluding hydrogens is 360 g/mol. The molecule has 28 heavy (non-hydrogen) atoms. The van der Waals surface area contributed by atoms with Crippen LogP contribution in [0.3, 0.4) is 0 Å². The van der Waals surface area contributed by atoms with E-state index in [0.717, 1.165) is 5.56 Å². The summed E-state index contributed by atoms with van der Waals surface area (Å²) in [7, 11) is 0. The van der Waals surface area contributed by atoms with E-state index in [2.05, 4.69) is 0 Å². The Kier molecular flexibility index (Phi) is 4.39. The molecule has 4 rings (SSSR count). The van der Waals surface area contributed by atoms with Gasteiger partial charge in [0.1, 0.15) is 12.1 Å². The van der Waals surface area contributed by atoms with Gasteiger partial charge in [-0.15, -0.1) is 0 Å². The third kappa shape index (κ3) is 2.51. The SMILES string of the molecule is CCOC(=O)CN1C(=O)C(O)N2C(=O)C[C@]2(c2ccccc2)c2ccccc21. The van der Waals surface area contributed by atoms with Crippen molar-refractivity contribution in [3.8, 4) is 0 Å². The summed E-state index contributed by atoms with van der Waals surface area (Å²) in [6.07, 6.45) is -1.56. The van der Waals surface area contributed by atoms with Crippen molar-refractivity contribution in [3.63, 3.8) is 0 Å². The molecule has 2 aromatic rings. The monoisotopic (exact) mass is 380 g/mol. The maximum absolute atomic E-state index is 13.0. The highest BCUT2D eigenvalue weighted by molar-refractivity contribution is 6.05. The number of esters is 1. The lowest BCUT2D eigenvalue weighted by Crippen LogP contribution is -2.66. The molecule has 2 atom stereocenters. The number of rotatable bonds is 4. The molecule has 0 aromatic heterocycles. The van der Waals surface area contributed by atoms with Gasteiger partial charge in [-0.1, -0.05) is 48.5 Å². The normalized spacial score (nSPS) is 23.4. The largest absolute Gasteiger partial charge is 0.465 e. The first-order valence-corrected chi connectivity index (χ1v) is 9.13. The van der Waals surface area contributed by atoms with Crippen LogP contribution in [0.5, 0.6) is 0 Å². The van der Waals surface area contributed by atoms with Crippen LogP contribution in [0.4, 0.5) is 5.69 Å². The molecule has 0 spiro atoms. The van der Waals surface area contributed by atoms with Gasteiger partial charge in [0.25, 0.3) is 5.91 Å². The molecule has 2 heterocycles. The number of hydrogen-bond donors (Lipinski definition) is 1. The van der Waals surface area contributed by atoms with Gasteiger partial charge in [0.15, 0.2) is 0 Å². The molecule has 2 aliphatic heterocycles. The lowest BCUT2D eigenvalue weighted by Gasteiger charge is -2.53. The van der Waals surface area contributed by atoms with Crippen molar-refractivity contribution >= 4 is 23.5 Å². The fourth-order valence-corrected chi connectivity index (χ4v) is 4.12. The van der Waals surface area contributed by atoms with Crippen LogP contribution < -0.4 is 4.90 Å². The van der Waals surface area contributed by atoms with Gasteiger partial charge >= 0.3 is 5.97 Å². The average Bonchev–Trinajstić information content (AvgIpc) is 2.75. The minimum atomic E-state index is -1.69.